The summed E-state index contributed by atoms with van der Waals surface area (Å²) < 4.78 is 39.8. The molecule has 0 atom stereocenters. The second-order valence-corrected chi connectivity index (χ2v) is 5.32. The number of fused-ring (bicyclic) bond motifs is 1. The Hall–Kier alpha value is -2.05. The van der Waals surface area contributed by atoms with Crippen molar-refractivity contribution in [2.45, 2.75) is 0 Å². The number of hydrogen-bond donors (Lipinski definition) is 0. The van der Waals surface area contributed by atoms with Gasteiger partial charge in [0, 0.05) is 6.07 Å². The van der Waals surface area contributed by atoms with Gasteiger partial charge in [0.2, 0.25) is 5.69 Å². The van der Waals surface area contributed by atoms with Crippen LogP contribution in [0.1, 0.15) is 15.9 Å². The molecule has 3 rings (SSSR count). The maximum Gasteiger partial charge on any atom is 0.273 e. The molecule has 0 aliphatic carbocycles. The summed E-state index contributed by atoms with van der Waals surface area (Å²) in [5, 5.41) is 12.3. The highest BCUT2D eigenvalue weighted by Gasteiger charge is 2.38. The Kier molecular flexibility index (Phi) is 3.38. The Morgan fingerprint density at radius 3 is 2.09 bits per heavy atom. The Balaban J connectivity index is 2.23. The van der Waals surface area contributed by atoms with Crippen LogP contribution >= 0.6 is 23.2 Å². The average Bonchev–Trinajstić information content (AvgIpc) is 2.68. The summed E-state index contributed by atoms with van der Waals surface area (Å²) in [4.78, 5) is 12.3. The van der Waals surface area contributed by atoms with Crippen LogP contribution in [0.3, 0.4) is 0 Å². The minimum absolute atomic E-state index is 0.0479. The third kappa shape index (κ3) is 2.07. The second-order valence-electron chi connectivity index (χ2n) is 4.51. The summed E-state index contributed by atoms with van der Waals surface area (Å²) >= 11 is 11.6. The molecule has 0 bridgehead atoms. The number of Topliss-reactive ketones (excluding diaryl/α,β-unsaturated/α-hetero) is 1. The number of carbonyl (C=O) groups is 1. The van der Waals surface area contributed by atoms with Crippen molar-refractivity contribution in [3.63, 3.8) is 0 Å². The van der Waals surface area contributed by atoms with Gasteiger partial charge in [-0.2, -0.15) is 4.74 Å². The van der Waals surface area contributed by atoms with Crippen molar-refractivity contribution in [2.75, 3.05) is 0 Å². The van der Waals surface area contributed by atoms with Crippen molar-refractivity contribution in [3.8, 4) is 0 Å². The van der Waals surface area contributed by atoms with Crippen LogP contribution in [-0.4, -0.2) is 16.2 Å². The predicted molar refractivity (Wildman–Crippen MR) is 74.5 cm³/mol. The van der Waals surface area contributed by atoms with Gasteiger partial charge in [-0.3, -0.25) is 4.79 Å². The third-order valence-electron chi connectivity index (χ3n) is 3.18. The number of nitrogens with zero attached hydrogens (tertiary/aromatic N) is 1. The topological polar surface area (TPSA) is 43.1 Å². The van der Waals surface area contributed by atoms with Crippen LogP contribution in [0.2, 0.25) is 10.0 Å². The number of rotatable bonds is 1. The lowest BCUT2D eigenvalue weighted by Crippen LogP contribution is -2.17. The molecule has 8 heteroatoms. The zero-order valence-electron chi connectivity index (χ0n) is 10.5. The monoisotopic (exact) mass is 345 g/mol. The van der Waals surface area contributed by atoms with Crippen molar-refractivity contribution in [1.29, 1.82) is 0 Å². The lowest BCUT2D eigenvalue weighted by Gasteiger charge is -2.03. The highest BCUT2D eigenvalue weighted by Crippen LogP contribution is 2.35. The smallest absolute Gasteiger partial charge is 0.273 e. The van der Waals surface area contributed by atoms with Crippen LogP contribution in [0.4, 0.5) is 18.9 Å². The molecule has 0 radical (unpaired) electrons. The van der Waals surface area contributed by atoms with E-state index in [4.69, 9.17) is 23.2 Å². The second kappa shape index (κ2) is 5.00. The fourth-order valence-corrected chi connectivity index (χ4v) is 2.49. The van der Waals surface area contributed by atoms with Crippen molar-refractivity contribution in [2.24, 2.45) is 0 Å². The van der Waals surface area contributed by atoms with E-state index in [9.17, 15) is 23.2 Å². The molecule has 3 nitrogen and oxygen atoms in total. The summed E-state index contributed by atoms with van der Waals surface area (Å²) in [7, 11) is 0. The standard InChI is InChI=1S/C14H4Cl2F3NO2/c15-7-3-6-11(4-8(7)16)20(22)13(14(6)21)5-1-9(17)12(19)10(18)2-5/h1-4H. The molecule has 0 saturated carbocycles. The molecule has 2 aromatic carbocycles. The quantitative estimate of drug-likeness (QED) is 0.440. The van der Waals surface area contributed by atoms with Gasteiger partial charge in [-0.15, -0.1) is 0 Å². The summed E-state index contributed by atoms with van der Waals surface area (Å²) in [6, 6.07) is 3.51. The van der Waals surface area contributed by atoms with Gasteiger partial charge in [0.25, 0.3) is 11.5 Å². The summed E-state index contributed by atoms with van der Waals surface area (Å²) in [5.74, 6) is -5.48. The van der Waals surface area contributed by atoms with E-state index in [0.29, 0.717) is 12.1 Å². The molecule has 0 amide bonds. The van der Waals surface area contributed by atoms with E-state index in [2.05, 4.69) is 0 Å². The highest BCUT2D eigenvalue weighted by molar-refractivity contribution is 6.53. The molecule has 0 spiro atoms. The van der Waals surface area contributed by atoms with Gasteiger partial charge in [-0.05, 0) is 18.2 Å². The first kappa shape index (κ1) is 14.9. The number of hydrogen-bond acceptors (Lipinski definition) is 2. The Morgan fingerprint density at radius 2 is 1.50 bits per heavy atom. The van der Waals surface area contributed by atoms with E-state index in [1.54, 1.807) is 0 Å². The van der Waals surface area contributed by atoms with Crippen LogP contribution in [-0.2, 0) is 0 Å². The van der Waals surface area contributed by atoms with Crippen LogP contribution in [0.5, 0.6) is 0 Å². The van der Waals surface area contributed by atoms with E-state index in [1.807, 2.05) is 0 Å². The van der Waals surface area contributed by atoms with E-state index in [-0.39, 0.29) is 31.6 Å². The number of halogens is 5. The van der Waals surface area contributed by atoms with Crippen molar-refractivity contribution in [1.82, 2.24) is 0 Å². The minimum atomic E-state index is -1.68. The molecule has 22 heavy (non-hydrogen) atoms. The van der Waals surface area contributed by atoms with Crippen LogP contribution in [0, 0.1) is 22.7 Å². The fraction of sp³-hybridized carbons (Fsp3) is 0. The van der Waals surface area contributed by atoms with Gasteiger partial charge in [0.1, 0.15) is 5.56 Å². The van der Waals surface area contributed by atoms with E-state index < -0.39 is 28.9 Å². The van der Waals surface area contributed by atoms with E-state index in [1.165, 1.54) is 12.1 Å². The zero-order chi connectivity index (χ0) is 16.2. The van der Waals surface area contributed by atoms with Gasteiger partial charge < -0.3 is 5.21 Å². The van der Waals surface area contributed by atoms with E-state index in [0.717, 1.165) is 0 Å². The Labute approximate surface area is 131 Å². The molecule has 1 aliphatic heterocycles. The van der Waals surface area contributed by atoms with Gasteiger partial charge in [-0.25, -0.2) is 13.2 Å². The SMILES string of the molecule is O=C1C(c2cc(F)c(F)c(F)c2)=[N+]([O-])c2cc(Cl)c(Cl)cc21. The first-order valence-electron chi connectivity index (χ1n) is 5.84. The van der Waals surface area contributed by atoms with E-state index >= 15 is 0 Å². The van der Waals surface area contributed by atoms with Crippen molar-refractivity contribution in [3.05, 3.63) is 68.1 Å². The molecule has 0 unspecified atom stereocenters. The van der Waals surface area contributed by atoms with Crippen LogP contribution in [0.15, 0.2) is 24.3 Å². The number of carbonyl (C=O) groups excluding carboxylic acids is 1. The molecule has 0 aromatic heterocycles. The van der Waals surface area contributed by atoms with Crippen LogP contribution in [0.25, 0.3) is 0 Å². The molecule has 0 saturated heterocycles. The minimum Gasteiger partial charge on any atom is -0.618 e. The molecule has 0 fully saturated rings. The van der Waals surface area contributed by atoms with Crippen molar-refractivity contribution >= 4 is 40.4 Å². The van der Waals surface area contributed by atoms with Crippen molar-refractivity contribution < 1.29 is 22.7 Å². The molecule has 0 N–H and O–H groups in total. The molecular formula is C14H4Cl2F3NO2. The first-order valence-corrected chi connectivity index (χ1v) is 6.59. The van der Waals surface area contributed by atoms with Gasteiger partial charge in [0.15, 0.2) is 17.5 Å². The summed E-state index contributed by atoms with van der Waals surface area (Å²) in [6.45, 7) is 0. The lowest BCUT2D eigenvalue weighted by atomic mass is 10.0. The average molecular weight is 346 g/mol. The Bertz CT molecular complexity index is 858. The predicted octanol–water partition coefficient (Wildman–Crippen LogP) is 4.24. The maximum atomic E-state index is 13.3. The van der Waals surface area contributed by atoms with Gasteiger partial charge in [0.05, 0.1) is 15.6 Å². The lowest BCUT2D eigenvalue weighted by molar-refractivity contribution is -0.355. The third-order valence-corrected chi connectivity index (χ3v) is 3.90. The van der Waals surface area contributed by atoms with Gasteiger partial charge >= 0.3 is 0 Å². The molecule has 112 valence electrons. The number of benzene rings is 2. The molecule has 2 aromatic rings. The normalized spacial score (nSPS) is 13.8. The zero-order valence-corrected chi connectivity index (χ0v) is 12.0. The van der Waals surface area contributed by atoms with Gasteiger partial charge in [-0.1, -0.05) is 23.2 Å². The maximum absolute atomic E-state index is 13.3. The first-order chi connectivity index (χ1) is 10.3. The molecule has 1 heterocycles. The highest BCUT2D eigenvalue weighted by atomic mass is 35.5. The van der Waals surface area contributed by atoms with Crippen LogP contribution < -0.4 is 0 Å². The largest absolute Gasteiger partial charge is 0.618 e. The number of ketones is 1. The molecular weight excluding hydrogens is 342 g/mol. The molecule has 1 aliphatic rings. The summed E-state index contributed by atoms with van der Waals surface area (Å²) in [6.07, 6.45) is 0. The Morgan fingerprint density at radius 1 is 0.955 bits per heavy atom. The fourth-order valence-electron chi connectivity index (χ4n) is 2.17. The summed E-state index contributed by atoms with van der Waals surface area (Å²) in [5.41, 5.74) is -1.06.